The minimum absolute atomic E-state index is 0.534. The number of halogens is 1. The zero-order valence-corrected chi connectivity index (χ0v) is 13.3. The van der Waals surface area contributed by atoms with Gasteiger partial charge in [-0.3, -0.25) is 4.98 Å². The van der Waals surface area contributed by atoms with E-state index < -0.39 is 0 Å². The quantitative estimate of drug-likeness (QED) is 0.620. The third-order valence-corrected chi connectivity index (χ3v) is 3.59. The zero-order valence-electron chi connectivity index (χ0n) is 12.5. The van der Waals surface area contributed by atoms with Gasteiger partial charge in [0.2, 0.25) is 0 Å². The maximum absolute atomic E-state index is 5.85. The lowest BCUT2D eigenvalue weighted by Crippen LogP contribution is -1.94. The molecule has 0 atom stereocenters. The molecule has 0 bridgehead atoms. The van der Waals surface area contributed by atoms with Gasteiger partial charge in [0, 0.05) is 11.2 Å². The normalized spacial score (nSPS) is 10.8. The fourth-order valence-corrected chi connectivity index (χ4v) is 2.20. The van der Waals surface area contributed by atoms with E-state index in [1.807, 2.05) is 54.6 Å². The van der Waals surface area contributed by atoms with Crippen molar-refractivity contribution in [3.63, 3.8) is 0 Å². The second kappa shape index (κ2) is 7.61. The van der Waals surface area contributed by atoms with E-state index in [1.165, 1.54) is 0 Å². The summed E-state index contributed by atoms with van der Waals surface area (Å²) in [5.41, 5.74) is 3.20. The van der Waals surface area contributed by atoms with Crippen LogP contribution >= 0.6 is 11.6 Å². The van der Waals surface area contributed by atoms with Crippen LogP contribution in [0.15, 0.2) is 72.9 Å². The van der Waals surface area contributed by atoms with Gasteiger partial charge in [-0.15, -0.1) is 0 Å². The molecular formula is C20H16ClNO. The Morgan fingerprint density at radius 1 is 0.870 bits per heavy atom. The Morgan fingerprint density at radius 3 is 2.35 bits per heavy atom. The lowest BCUT2D eigenvalue weighted by atomic mass is 10.1. The highest BCUT2D eigenvalue weighted by molar-refractivity contribution is 6.30. The lowest BCUT2D eigenvalue weighted by molar-refractivity contribution is 0.306. The van der Waals surface area contributed by atoms with Gasteiger partial charge in [-0.05, 0) is 53.6 Å². The van der Waals surface area contributed by atoms with Crippen molar-refractivity contribution in [2.75, 3.05) is 0 Å². The van der Waals surface area contributed by atoms with Crippen LogP contribution < -0.4 is 4.74 Å². The SMILES string of the molecule is Clc1ccc(OCc2ccc(/C=C/c3ccccn3)cc2)cc1. The summed E-state index contributed by atoms with van der Waals surface area (Å²) < 4.78 is 5.73. The van der Waals surface area contributed by atoms with Crippen LogP contribution in [0, 0.1) is 0 Å². The largest absolute Gasteiger partial charge is 0.489 e. The Kier molecular flexibility index (Phi) is 5.07. The maximum atomic E-state index is 5.85. The molecule has 3 rings (SSSR count). The topological polar surface area (TPSA) is 22.1 Å². The number of rotatable bonds is 5. The van der Waals surface area contributed by atoms with Crippen molar-refractivity contribution in [1.82, 2.24) is 4.98 Å². The number of hydrogen-bond donors (Lipinski definition) is 0. The van der Waals surface area contributed by atoms with Crippen LogP contribution in [0.5, 0.6) is 5.75 Å². The van der Waals surface area contributed by atoms with Crippen LogP contribution in [-0.2, 0) is 6.61 Å². The van der Waals surface area contributed by atoms with Gasteiger partial charge in [-0.2, -0.15) is 0 Å². The van der Waals surface area contributed by atoms with Crippen molar-refractivity contribution < 1.29 is 4.74 Å². The highest BCUT2D eigenvalue weighted by Gasteiger charge is 1.97. The molecule has 2 nitrogen and oxygen atoms in total. The second-order valence-corrected chi connectivity index (χ2v) is 5.51. The molecule has 114 valence electrons. The number of pyridine rings is 1. The summed E-state index contributed by atoms with van der Waals surface area (Å²) in [6.07, 6.45) is 5.84. The molecule has 3 heteroatoms. The molecule has 23 heavy (non-hydrogen) atoms. The van der Waals surface area contributed by atoms with Gasteiger partial charge in [-0.25, -0.2) is 0 Å². The smallest absolute Gasteiger partial charge is 0.119 e. The summed E-state index contributed by atoms with van der Waals surface area (Å²) in [5, 5.41) is 0.710. The third kappa shape index (κ3) is 4.70. The average Bonchev–Trinajstić information content (AvgIpc) is 2.61. The van der Waals surface area contributed by atoms with Crippen molar-refractivity contribution in [2.45, 2.75) is 6.61 Å². The molecule has 0 aliphatic rings. The van der Waals surface area contributed by atoms with Gasteiger partial charge in [0.25, 0.3) is 0 Å². The molecule has 0 fully saturated rings. The van der Waals surface area contributed by atoms with Crippen molar-refractivity contribution in [3.05, 3.63) is 94.8 Å². The molecule has 1 heterocycles. The number of hydrogen-bond acceptors (Lipinski definition) is 2. The molecule has 0 aliphatic heterocycles. The van der Waals surface area contributed by atoms with Gasteiger partial charge in [0.05, 0.1) is 5.69 Å². The van der Waals surface area contributed by atoms with E-state index in [0.717, 1.165) is 22.6 Å². The zero-order chi connectivity index (χ0) is 15.9. The number of aromatic nitrogens is 1. The first kappa shape index (κ1) is 15.3. The summed E-state index contributed by atoms with van der Waals surface area (Å²) in [6.45, 7) is 0.534. The Hall–Kier alpha value is -2.58. The van der Waals surface area contributed by atoms with Crippen molar-refractivity contribution in [3.8, 4) is 5.75 Å². The van der Waals surface area contributed by atoms with Crippen LogP contribution in [-0.4, -0.2) is 4.98 Å². The highest BCUT2D eigenvalue weighted by atomic mass is 35.5. The molecule has 0 unspecified atom stereocenters. The molecule has 0 saturated carbocycles. The summed E-state index contributed by atoms with van der Waals surface area (Å²) in [4.78, 5) is 4.26. The first-order valence-corrected chi connectivity index (χ1v) is 7.74. The summed E-state index contributed by atoms with van der Waals surface area (Å²) >= 11 is 5.85. The molecule has 0 amide bonds. The molecule has 0 aliphatic carbocycles. The minimum Gasteiger partial charge on any atom is -0.489 e. The predicted octanol–water partition coefficient (Wildman–Crippen LogP) is 5.48. The van der Waals surface area contributed by atoms with Crippen LogP contribution in [0.2, 0.25) is 5.02 Å². The van der Waals surface area contributed by atoms with Crippen LogP contribution in [0.4, 0.5) is 0 Å². The van der Waals surface area contributed by atoms with Gasteiger partial charge in [-0.1, -0.05) is 48.0 Å². The van der Waals surface area contributed by atoms with Gasteiger partial charge in [0.15, 0.2) is 0 Å². The number of ether oxygens (including phenoxy) is 1. The average molecular weight is 322 g/mol. The number of nitrogens with zero attached hydrogens (tertiary/aromatic N) is 1. The first-order valence-electron chi connectivity index (χ1n) is 7.36. The van der Waals surface area contributed by atoms with Gasteiger partial charge < -0.3 is 4.74 Å². The predicted molar refractivity (Wildman–Crippen MR) is 95.4 cm³/mol. The van der Waals surface area contributed by atoms with E-state index >= 15 is 0 Å². The molecule has 1 aromatic heterocycles. The van der Waals surface area contributed by atoms with Crippen LogP contribution in [0.3, 0.4) is 0 Å². The van der Waals surface area contributed by atoms with E-state index in [-0.39, 0.29) is 0 Å². The molecule has 0 radical (unpaired) electrons. The summed E-state index contributed by atoms with van der Waals surface area (Å²) in [7, 11) is 0. The van der Waals surface area contributed by atoms with E-state index in [1.54, 1.807) is 6.20 Å². The molecule has 2 aromatic carbocycles. The molecule has 0 saturated heterocycles. The molecule has 3 aromatic rings. The Balaban J connectivity index is 1.58. The van der Waals surface area contributed by atoms with E-state index in [9.17, 15) is 0 Å². The first-order chi connectivity index (χ1) is 11.3. The highest BCUT2D eigenvalue weighted by Crippen LogP contribution is 2.17. The van der Waals surface area contributed by atoms with Gasteiger partial charge >= 0.3 is 0 Å². The second-order valence-electron chi connectivity index (χ2n) is 5.07. The Labute approximate surface area is 141 Å². The molecular weight excluding hydrogens is 306 g/mol. The van der Waals surface area contributed by atoms with E-state index in [4.69, 9.17) is 16.3 Å². The monoisotopic (exact) mass is 321 g/mol. The van der Waals surface area contributed by atoms with Crippen molar-refractivity contribution >= 4 is 23.8 Å². The lowest BCUT2D eigenvalue weighted by Gasteiger charge is -2.06. The summed E-state index contributed by atoms with van der Waals surface area (Å²) in [5.74, 6) is 0.813. The molecule has 0 N–H and O–H groups in total. The van der Waals surface area contributed by atoms with Crippen molar-refractivity contribution in [1.29, 1.82) is 0 Å². The fraction of sp³-hybridized carbons (Fsp3) is 0.0500. The molecule has 0 spiro atoms. The third-order valence-electron chi connectivity index (χ3n) is 3.33. The summed E-state index contributed by atoms with van der Waals surface area (Å²) in [6, 6.07) is 21.5. The van der Waals surface area contributed by atoms with E-state index in [2.05, 4.69) is 29.2 Å². The van der Waals surface area contributed by atoms with E-state index in [0.29, 0.717) is 11.6 Å². The minimum atomic E-state index is 0.534. The standard InChI is InChI=1S/C20H16ClNO/c21-18-9-12-20(13-10-18)23-15-17-6-4-16(5-7-17)8-11-19-3-1-2-14-22-19/h1-14H,15H2/b11-8+. The van der Waals surface area contributed by atoms with Gasteiger partial charge in [0.1, 0.15) is 12.4 Å². The Bertz CT molecular complexity index is 765. The van der Waals surface area contributed by atoms with Crippen molar-refractivity contribution in [2.24, 2.45) is 0 Å². The van der Waals surface area contributed by atoms with Crippen LogP contribution in [0.1, 0.15) is 16.8 Å². The number of benzene rings is 2. The maximum Gasteiger partial charge on any atom is 0.119 e. The van der Waals surface area contributed by atoms with Crippen LogP contribution in [0.25, 0.3) is 12.2 Å². The fourth-order valence-electron chi connectivity index (χ4n) is 2.08. The Morgan fingerprint density at radius 2 is 1.65 bits per heavy atom.